The molecule has 3 N–H and O–H groups in total. The number of hydrogen-bond donors (Lipinski definition) is 3. The maximum Gasteiger partial charge on any atom is 0.263 e. The average molecular weight is 512 g/mol. The summed E-state index contributed by atoms with van der Waals surface area (Å²) in [6.07, 6.45) is 10.5. The van der Waals surface area contributed by atoms with Gasteiger partial charge in [-0.1, -0.05) is 42.0 Å². The van der Waals surface area contributed by atoms with Crippen molar-refractivity contribution in [3.8, 4) is 0 Å². The van der Waals surface area contributed by atoms with Gasteiger partial charge in [-0.05, 0) is 53.6 Å². The van der Waals surface area contributed by atoms with E-state index in [1.165, 1.54) is 10.6 Å². The fourth-order valence-electron chi connectivity index (χ4n) is 4.02. The van der Waals surface area contributed by atoms with Crippen LogP contribution in [0.2, 0.25) is 5.15 Å². The first-order chi connectivity index (χ1) is 18.0. The van der Waals surface area contributed by atoms with E-state index in [9.17, 15) is 14.4 Å². The molecule has 0 bridgehead atoms. The minimum Gasteiger partial charge on any atom is -0.362 e. The number of benzene rings is 1. The lowest BCUT2D eigenvalue weighted by atomic mass is 10.0. The molecule has 1 aliphatic heterocycles. The summed E-state index contributed by atoms with van der Waals surface area (Å²) in [5.41, 5.74) is 4.34. The van der Waals surface area contributed by atoms with Crippen LogP contribution in [0.15, 0.2) is 84.1 Å². The van der Waals surface area contributed by atoms with Crippen molar-refractivity contribution in [3.63, 3.8) is 0 Å². The van der Waals surface area contributed by atoms with Crippen LogP contribution < -0.4 is 16.2 Å². The van der Waals surface area contributed by atoms with Gasteiger partial charge in [-0.25, -0.2) is 4.98 Å². The molecule has 0 saturated heterocycles. The highest BCUT2D eigenvalue weighted by molar-refractivity contribution is 6.34. The quantitative estimate of drug-likeness (QED) is 0.255. The molecule has 37 heavy (non-hydrogen) atoms. The number of amides is 2. The Bertz CT molecular complexity index is 1590. The lowest BCUT2D eigenvalue weighted by Gasteiger charge is -2.08. The second-order valence-corrected chi connectivity index (χ2v) is 8.79. The molecule has 184 valence electrons. The molecule has 5 rings (SSSR count). The predicted octanol–water partition coefficient (Wildman–Crippen LogP) is 4.21. The Labute approximate surface area is 217 Å². The van der Waals surface area contributed by atoms with Gasteiger partial charge >= 0.3 is 0 Å². The Morgan fingerprint density at radius 1 is 1.11 bits per heavy atom. The first-order valence-corrected chi connectivity index (χ1v) is 11.9. The van der Waals surface area contributed by atoms with Crippen molar-refractivity contribution >= 4 is 46.8 Å². The van der Waals surface area contributed by atoms with Gasteiger partial charge in [0.05, 0.1) is 12.1 Å². The topological polar surface area (TPSA) is 109 Å². The number of halogens is 1. The normalized spacial score (nSPS) is 13.6. The number of anilines is 1. The molecule has 0 radical (unpaired) electrons. The van der Waals surface area contributed by atoms with E-state index in [1.807, 2.05) is 42.5 Å². The van der Waals surface area contributed by atoms with E-state index in [4.69, 9.17) is 11.6 Å². The zero-order chi connectivity index (χ0) is 25.8. The van der Waals surface area contributed by atoms with Crippen LogP contribution in [-0.2, 0) is 11.3 Å². The highest BCUT2D eigenvalue weighted by atomic mass is 35.5. The third-order valence-electron chi connectivity index (χ3n) is 5.85. The molecule has 1 aromatic carbocycles. The number of nitrogens with zero attached hydrogens (tertiary/aromatic N) is 2. The number of hydrogen-bond acceptors (Lipinski definition) is 4. The molecule has 4 aromatic rings. The highest BCUT2D eigenvalue weighted by Crippen LogP contribution is 2.33. The van der Waals surface area contributed by atoms with E-state index < -0.39 is 11.5 Å². The van der Waals surface area contributed by atoms with E-state index in [0.29, 0.717) is 10.7 Å². The number of nitrogens with one attached hydrogen (secondary N) is 3. The third kappa shape index (κ3) is 5.44. The Balaban J connectivity index is 1.22. The molecule has 4 heterocycles. The predicted molar refractivity (Wildman–Crippen MR) is 144 cm³/mol. The molecule has 8 nitrogen and oxygen atoms in total. The Morgan fingerprint density at radius 2 is 2.00 bits per heavy atom. The number of H-pyrrole nitrogens is 1. The van der Waals surface area contributed by atoms with E-state index in [1.54, 1.807) is 42.9 Å². The molecule has 0 spiro atoms. The van der Waals surface area contributed by atoms with Crippen molar-refractivity contribution in [2.45, 2.75) is 6.54 Å². The molecule has 0 saturated carbocycles. The maximum absolute atomic E-state index is 12.8. The number of rotatable bonds is 7. The van der Waals surface area contributed by atoms with Crippen LogP contribution in [-0.4, -0.2) is 32.9 Å². The maximum atomic E-state index is 12.8. The number of pyridine rings is 2. The molecule has 2 amide bonds. The van der Waals surface area contributed by atoms with Crippen LogP contribution >= 0.6 is 11.6 Å². The lowest BCUT2D eigenvalue weighted by molar-refractivity contribution is -0.110. The molecule has 0 unspecified atom stereocenters. The number of fused-ring (bicyclic) bond motifs is 1. The van der Waals surface area contributed by atoms with Crippen LogP contribution in [0.5, 0.6) is 0 Å². The average Bonchev–Trinajstić information content (AvgIpc) is 3.52. The van der Waals surface area contributed by atoms with Gasteiger partial charge < -0.3 is 20.2 Å². The monoisotopic (exact) mass is 511 g/mol. The van der Waals surface area contributed by atoms with Gasteiger partial charge in [-0.2, -0.15) is 0 Å². The summed E-state index contributed by atoms with van der Waals surface area (Å²) in [5, 5.41) is 6.01. The molecule has 0 atom stereocenters. The fraction of sp³-hybridized carbons (Fsp3) is 0.0714. The van der Waals surface area contributed by atoms with E-state index in [2.05, 4.69) is 20.6 Å². The summed E-state index contributed by atoms with van der Waals surface area (Å²) in [5.74, 6) is -0.614. The van der Waals surface area contributed by atoms with Crippen LogP contribution in [0.25, 0.3) is 17.7 Å². The van der Waals surface area contributed by atoms with Crippen molar-refractivity contribution in [2.24, 2.45) is 0 Å². The summed E-state index contributed by atoms with van der Waals surface area (Å²) >= 11 is 5.81. The van der Waals surface area contributed by atoms with E-state index in [-0.39, 0.29) is 24.6 Å². The number of carbonyl (C=O) groups is 2. The van der Waals surface area contributed by atoms with Gasteiger partial charge in [-0.3, -0.25) is 14.4 Å². The van der Waals surface area contributed by atoms with Gasteiger partial charge in [0.25, 0.3) is 17.4 Å². The SMILES string of the molecule is O=C1Nc2cc(/C=C/CNC(=O)c3cccn(Cc4ccc(Cl)nc4)c3=O)ccc2/C1=C/c1ccc[nH]1. The zero-order valence-corrected chi connectivity index (χ0v) is 20.3. The van der Waals surface area contributed by atoms with Crippen molar-refractivity contribution in [1.29, 1.82) is 0 Å². The molecular weight excluding hydrogens is 490 g/mol. The van der Waals surface area contributed by atoms with Crippen molar-refractivity contribution in [2.75, 3.05) is 11.9 Å². The van der Waals surface area contributed by atoms with Crippen LogP contribution in [0.1, 0.15) is 32.7 Å². The smallest absolute Gasteiger partial charge is 0.263 e. The summed E-state index contributed by atoms with van der Waals surface area (Å²) in [6, 6.07) is 16.0. The second-order valence-electron chi connectivity index (χ2n) is 8.40. The highest BCUT2D eigenvalue weighted by Gasteiger charge is 2.24. The largest absolute Gasteiger partial charge is 0.362 e. The van der Waals surface area contributed by atoms with E-state index in [0.717, 1.165) is 28.1 Å². The van der Waals surface area contributed by atoms with Crippen LogP contribution in [0.3, 0.4) is 0 Å². The minimum absolute atomic E-state index is 0.0550. The number of aromatic nitrogens is 3. The zero-order valence-electron chi connectivity index (χ0n) is 19.6. The van der Waals surface area contributed by atoms with E-state index >= 15 is 0 Å². The Kier molecular flexibility index (Phi) is 6.83. The minimum atomic E-state index is -0.460. The summed E-state index contributed by atoms with van der Waals surface area (Å²) in [7, 11) is 0. The molecule has 1 aliphatic rings. The third-order valence-corrected chi connectivity index (χ3v) is 6.07. The van der Waals surface area contributed by atoms with Gasteiger partial charge in [0, 0.05) is 42.1 Å². The summed E-state index contributed by atoms with van der Waals surface area (Å²) in [6.45, 7) is 0.510. The van der Waals surface area contributed by atoms with Crippen LogP contribution in [0, 0.1) is 0 Å². The number of aromatic amines is 1. The lowest BCUT2D eigenvalue weighted by Crippen LogP contribution is -2.33. The van der Waals surface area contributed by atoms with Crippen molar-refractivity contribution < 1.29 is 9.59 Å². The first-order valence-electron chi connectivity index (χ1n) is 11.5. The first kappa shape index (κ1) is 24.0. The standard InChI is InChI=1S/C28H22ClN5O3/c29-25-10-8-19(16-32-25)17-34-13-3-6-22(28(34)37)26(35)31-12-1-4-18-7-9-21-23(15-20-5-2-11-30-20)27(36)33-24(21)14-18/h1-11,13-16,30H,12,17H2,(H,31,35)(H,33,36)/b4-1+,23-15-. The molecule has 9 heteroatoms. The summed E-state index contributed by atoms with van der Waals surface area (Å²) in [4.78, 5) is 44.9. The van der Waals surface area contributed by atoms with Crippen molar-refractivity contribution in [1.82, 2.24) is 19.9 Å². The van der Waals surface area contributed by atoms with Gasteiger partial charge in [0.1, 0.15) is 10.7 Å². The van der Waals surface area contributed by atoms with Gasteiger partial charge in [-0.15, -0.1) is 0 Å². The Morgan fingerprint density at radius 3 is 2.78 bits per heavy atom. The van der Waals surface area contributed by atoms with Gasteiger partial charge in [0.15, 0.2) is 0 Å². The van der Waals surface area contributed by atoms with Crippen LogP contribution in [0.4, 0.5) is 5.69 Å². The number of carbonyl (C=O) groups excluding carboxylic acids is 2. The molecule has 0 aliphatic carbocycles. The van der Waals surface area contributed by atoms with Gasteiger partial charge in [0.2, 0.25) is 0 Å². The second kappa shape index (κ2) is 10.5. The molecule has 3 aromatic heterocycles. The summed E-state index contributed by atoms with van der Waals surface area (Å²) < 4.78 is 1.45. The Hall–Kier alpha value is -4.69. The molecular formula is C28H22ClN5O3. The molecule has 0 fully saturated rings. The van der Waals surface area contributed by atoms with Crippen molar-refractivity contribution in [3.05, 3.63) is 123 Å². The fourth-order valence-corrected chi connectivity index (χ4v) is 4.13.